The summed E-state index contributed by atoms with van der Waals surface area (Å²) >= 11 is 4.27. The van der Waals surface area contributed by atoms with Crippen LogP contribution in [0.25, 0.3) is 0 Å². The van der Waals surface area contributed by atoms with E-state index in [1.165, 1.54) is 0 Å². The molecule has 1 heterocycles. The van der Waals surface area contributed by atoms with E-state index >= 15 is 0 Å². The molecule has 1 aliphatic rings. The van der Waals surface area contributed by atoms with Crippen molar-refractivity contribution in [2.24, 2.45) is 0 Å². The topological polar surface area (TPSA) is 125 Å². The molecule has 0 bridgehead atoms. The van der Waals surface area contributed by atoms with Crippen LogP contribution in [0.4, 0.5) is 0 Å². The predicted octanol–water partition coefficient (Wildman–Crippen LogP) is -0.582. The van der Waals surface area contributed by atoms with Gasteiger partial charge in [-0.2, -0.15) is 12.6 Å². The summed E-state index contributed by atoms with van der Waals surface area (Å²) in [4.78, 5) is 39.5. The molecule has 0 aromatic rings. The summed E-state index contributed by atoms with van der Waals surface area (Å²) in [5.41, 5.74) is 0. The van der Waals surface area contributed by atoms with Crippen LogP contribution in [-0.4, -0.2) is 138 Å². The van der Waals surface area contributed by atoms with Crippen molar-refractivity contribution in [2.75, 3.05) is 84.8 Å². The number of thiol groups is 1. The maximum absolute atomic E-state index is 11.1. The molecule has 0 aliphatic carbocycles. The first kappa shape index (κ1) is 27.6. The summed E-state index contributed by atoms with van der Waals surface area (Å²) in [6, 6.07) is 0. The van der Waals surface area contributed by atoms with Crippen molar-refractivity contribution in [3.8, 4) is 0 Å². The number of likely N-dealkylation sites (N-methyl/N-ethyl adjacent to an activating group) is 1. The number of carboxylic acid groups (broad SMARTS) is 3. The van der Waals surface area contributed by atoms with Gasteiger partial charge in [-0.3, -0.25) is 24.2 Å². The summed E-state index contributed by atoms with van der Waals surface area (Å²) in [5.74, 6) is -1.63. The fourth-order valence-corrected chi connectivity index (χ4v) is 3.00. The summed E-state index contributed by atoms with van der Waals surface area (Å²) < 4.78 is 0. The summed E-state index contributed by atoms with van der Waals surface area (Å²) in [5, 5.41) is 25.6. The van der Waals surface area contributed by atoms with E-state index in [4.69, 9.17) is 20.1 Å². The van der Waals surface area contributed by atoms with Crippen molar-refractivity contribution >= 4 is 30.5 Å². The van der Waals surface area contributed by atoms with Crippen LogP contribution in [-0.2, 0) is 14.4 Å². The van der Waals surface area contributed by atoms with Gasteiger partial charge in [0.1, 0.15) is 0 Å². The van der Waals surface area contributed by atoms with E-state index in [0.717, 1.165) is 51.8 Å². The number of nitrogens with zero attached hydrogens (tertiary/aromatic N) is 4. The van der Waals surface area contributed by atoms with Crippen molar-refractivity contribution in [1.82, 2.24) is 19.6 Å². The molecule has 10 nitrogen and oxygen atoms in total. The molecule has 0 radical (unpaired) electrons. The fraction of sp³-hybridized carbons (Fsp3) is 0.833. The van der Waals surface area contributed by atoms with Gasteiger partial charge in [-0.25, -0.2) is 0 Å². The van der Waals surface area contributed by atoms with Crippen LogP contribution in [0.5, 0.6) is 0 Å². The van der Waals surface area contributed by atoms with Gasteiger partial charge in [0, 0.05) is 59.3 Å². The van der Waals surface area contributed by atoms with Gasteiger partial charge < -0.3 is 25.1 Å². The van der Waals surface area contributed by atoms with E-state index in [0.29, 0.717) is 26.2 Å². The van der Waals surface area contributed by atoms with Crippen LogP contribution < -0.4 is 0 Å². The third kappa shape index (κ3) is 17.2. The highest BCUT2D eigenvalue weighted by atomic mass is 32.1. The highest BCUT2D eigenvalue weighted by Gasteiger charge is 2.17. The van der Waals surface area contributed by atoms with Crippen LogP contribution >= 0.6 is 12.6 Å². The lowest BCUT2D eigenvalue weighted by atomic mass is 10.3. The molecule has 29 heavy (non-hydrogen) atoms. The van der Waals surface area contributed by atoms with Crippen molar-refractivity contribution in [2.45, 2.75) is 13.3 Å². The Labute approximate surface area is 178 Å². The van der Waals surface area contributed by atoms with Gasteiger partial charge in [-0.15, -0.1) is 0 Å². The fourth-order valence-electron chi connectivity index (χ4n) is 2.85. The second-order valence-corrected chi connectivity index (χ2v) is 7.53. The van der Waals surface area contributed by atoms with Gasteiger partial charge in [0.25, 0.3) is 5.97 Å². The van der Waals surface area contributed by atoms with Crippen LogP contribution in [0, 0.1) is 0 Å². The molecule has 0 atom stereocenters. The molecule has 0 aromatic carbocycles. The predicted molar refractivity (Wildman–Crippen MR) is 114 cm³/mol. The number of carbonyl (C=O) groups is 3. The Morgan fingerprint density at radius 1 is 0.759 bits per heavy atom. The van der Waals surface area contributed by atoms with Crippen molar-refractivity contribution < 1.29 is 29.7 Å². The molecule has 0 spiro atoms. The Balaban J connectivity index is 0.00000178. The molecule has 0 saturated carbocycles. The Hall–Kier alpha value is -1.40. The molecule has 0 amide bonds. The molecule has 1 fully saturated rings. The van der Waals surface area contributed by atoms with E-state index in [-0.39, 0.29) is 13.1 Å². The first-order valence-corrected chi connectivity index (χ1v) is 10.4. The first-order chi connectivity index (χ1) is 13.6. The van der Waals surface area contributed by atoms with Gasteiger partial charge in [0.05, 0.1) is 13.1 Å². The smallest absolute Gasteiger partial charge is 0.317 e. The minimum absolute atomic E-state index is 0.0549. The quantitative estimate of drug-likeness (QED) is 0.385. The largest absolute Gasteiger partial charge is 0.481 e. The van der Waals surface area contributed by atoms with Gasteiger partial charge in [-0.05, 0) is 25.8 Å². The first-order valence-electron chi connectivity index (χ1n) is 9.73. The zero-order valence-corrected chi connectivity index (χ0v) is 18.4. The number of rotatable bonds is 7. The Kier molecular flexibility index (Phi) is 15.6. The minimum Gasteiger partial charge on any atom is -0.481 e. The van der Waals surface area contributed by atoms with Gasteiger partial charge in [0.15, 0.2) is 0 Å². The summed E-state index contributed by atoms with van der Waals surface area (Å²) in [6.07, 6.45) is 0.962. The number of aliphatic carboxylic acids is 3. The highest BCUT2D eigenvalue weighted by Crippen LogP contribution is 2.01. The maximum Gasteiger partial charge on any atom is 0.317 e. The second kappa shape index (κ2) is 16.4. The molecule has 11 heteroatoms. The maximum atomic E-state index is 11.1. The molecule has 1 rings (SSSR count). The summed E-state index contributed by atoms with van der Waals surface area (Å²) in [6.45, 7) is 7.98. The van der Waals surface area contributed by atoms with E-state index in [1.54, 1.807) is 0 Å². The van der Waals surface area contributed by atoms with Crippen LogP contribution in [0.3, 0.4) is 0 Å². The Bertz CT molecular complexity index is 461. The third-order valence-electron chi connectivity index (χ3n) is 4.41. The molecule has 3 N–H and O–H groups in total. The van der Waals surface area contributed by atoms with E-state index < -0.39 is 17.9 Å². The molecule has 0 aromatic heterocycles. The average Bonchev–Trinajstić information content (AvgIpc) is 2.60. The zero-order chi connectivity index (χ0) is 22.2. The monoisotopic (exact) mass is 436 g/mol. The van der Waals surface area contributed by atoms with E-state index in [2.05, 4.69) is 22.4 Å². The second-order valence-electron chi connectivity index (χ2n) is 7.08. The van der Waals surface area contributed by atoms with E-state index in [9.17, 15) is 9.59 Å². The highest BCUT2D eigenvalue weighted by molar-refractivity contribution is 7.80. The lowest BCUT2D eigenvalue weighted by Gasteiger charge is -2.32. The van der Waals surface area contributed by atoms with Gasteiger partial charge in [0.2, 0.25) is 0 Å². The molecule has 0 unspecified atom stereocenters. The summed E-state index contributed by atoms with van der Waals surface area (Å²) in [7, 11) is 1.99. The molecule has 1 saturated heterocycles. The van der Waals surface area contributed by atoms with Crippen molar-refractivity contribution in [3.63, 3.8) is 0 Å². The normalized spacial score (nSPS) is 18.7. The van der Waals surface area contributed by atoms with Gasteiger partial charge >= 0.3 is 11.9 Å². The van der Waals surface area contributed by atoms with Crippen molar-refractivity contribution in [1.29, 1.82) is 0 Å². The average molecular weight is 437 g/mol. The van der Waals surface area contributed by atoms with Crippen LogP contribution in [0.1, 0.15) is 13.3 Å². The Morgan fingerprint density at radius 2 is 1.10 bits per heavy atom. The number of hydrogen-bond acceptors (Lipinski definition) is 8. The lowest BCUT2D eigenvalue weighted by Crippen LogP contribution is -2.47. The number of hydrogen-bond donors (Lipinski definition) is 4. The van der Waals surface area contributed by atoms with Gasteiger partial charge in [-0.1, -0.05) is 0 Å². The van der Waals surface area contributed by atoms with E-state index in [1.807, 2.05) is 16.8 Å². The SMILES string of the molecule is CC(=O)O.CN1CCN(CC(=O)O)CCN(CCCS)CCN(CC(=O)O)CC1. The number of carboxylic acids is 3. The van der Waals surface area contributed by atoms with Crippen LogP contribution in [0.15, 0.2) is 0 Å². The zero-order valence-electron chi connectivity index (χ0n) is 17.5. The minimum atomic E-state index is -0.833. The molecule has 1 aliphatic heterocycles. The third-order valence-corrected chi connectivity index (χ3v) is 4.73. The lowest BCUT2D eigenvalue weighted by molar-refractivity contribution is -0.139. The standard InChI is InChI=1S/C16H32N4O4S.C2H4O2/c1-17-4-6-19(13-15(21)22)10-8-18(3-2-12-25)9-11-20(7-5-17)14-16(23)24;1-2(3)4/h25H,2-14H2,1H3,(H,21,22)(H,23,24);1H3,(H,3,4). The van der Waals surface area contributed by atoms with Crippen molar-refractivity contribution in [3.05, 3.63) is 0 Å². The van der Waals surface area contributed by atoms with Crippen LogP contribution in [0.2, 0.25) is 0 Å². The molecular formula is C18H36N4O6S. The Morgan fingerprint density at radius 3 is 1.45 bits per heavy atom. The molecular weight excluding hydrogens is 400 g/mol. The molecule has 170 valence electrons.